The van der Waals surface area contributed by atoms with E-state index in [-0.39, 0.29) is 11.6 Å². The van der Waals surface area contributed by atoms with Gasteiger partial charge in [0.2, 0.25) is 5.88 Å². The van der Waals surface area contributed by atoms with Gasteiger partial charge in [-0.3, -0.25) is 0 Å². The highest BCUT2D eigenvalue weighted by molar-refractivity contribution is 5.71. The highest BCUT2D eigenvalue weighted by Gasteiger charge is 2.19. The SMILES string of the molecule is Nc1c(O)nc(-c2ccccc2)nc1N1CCNCC1. The number of nitrogen functional groups attached to an aromatic ring is 1. The maximum absolute atomic E-state index is 9.95. The number of nitrogens with one attached hydrogen (secondary N) is 1. The molecule has 0 spiro atoms. The Balaban J connectivity index is 2.03. The molecule has 0 aliphatic carbocycles. The first-order chi connectivity index (χ1) is 9.75. The van der Waals surface area contributed by atoms with Gasteiger partial charge in [0.05, 0.1) is 0 Å². The van der Waals surface area contributed by atoms with Crippen molar-refractivity contribution in [2.24, 2.45) is 0 Å². The van der Waals surface area contributed by atoms with E-state index in [9.17, 15) is 5.11 Å². The van der Waals surface area contributed by atoms with Crippen molar-refractivity contribution < 1.29 is 5.11 Å². The fraction of sp³-hybridized carbons (Fsp3) is 0.286. The molecule has 104 valence electrons. The smallest absolute Gasteiger partial charge is 0.240 e. The molecule has 0 saturated carbocycles. The Kier molecular flexibility index (Phi) is 3.39. The van der Waals surface area contributed by atoms with Crippen LogP contribution < -0.4 is 16.0 Å². The lowest BCUT2D eigenvalue weighted by Crippen LogP contribution is -2.44. The lowest BCUT2D eigenvalue weighted by atomic mass is 10.2. The number of piperazine rings is 1. The Morgan fingerprint density at radius 3 is 2.50 bits per heavy atom. The first kappa shape index (κ1) is 12.7. The van der Waals surface area contributed by atoms with Gasteiger partial charge >= 0.3 is 0 Å². The number of aromatic nitrogens is 2. The van der Waals surface area contributed by atoms with E-state index in [4.69, 9.17) is 5.73 Å². The summed E-state index contributed by atoms with van der Waals surface area (Å²) < 4.78 is 0. The number of nitrogens with zero attached hydrogens (tertiary/aromatic N) is 3. The summed E-state index contributed by atoms with van der Waals surface area (Å²) in [6.45, 7) is 3.39. The predicted octanol–water partition coefficient (Wildman–Crippen LogP) is 0.841. The summed E-state index contributed by atoms with van der Waals surface area (Å²) in [4.78, 5) is 10.7. The number of anilines is 2. The van der Waals surface area contributed by atoms with Gasteiger partial charge in [-0.1, -0.05) is 30.3 Å². The van der Waals surface area contributed by atoms with Gasteiger partial charge < -0.3 is 21.1 Å². The maximum atomic E-state index is 9.95. The van der Waals surface area contributed by atoms with E-state index in [0.29, 0.717) is 11.6 Å². The van der Waals surface area contributed by atoms with E-state index < -0.39 is 0 Å². The monoisotopic (exact) mass is 271 g/mol. The molecule has 0 unspecified atom stereocenters. The average molecular weight is 271 g/mol. The van der Waals surface area contributed by atoms with Crippen molar-refractivity contribution in [1.82, 2.24) is 15.3 Å². The summed E-state index contributed by atoms with van der Waals surface area (Å²) >= 11 is 0. The molecule has 0 bridgehead atoms. The zero-order chi connectivity index (χ0) is 13.9. The molecule has 1 aliphatic heterocycles. The minimum Gasteiger partial charge on any atom is -0.492 e. The summed E-state index contributed by atoms with van der Waals surface area (Å²) in [6, 6.07) is 9.57. The van der Waals surface area contributed by atoms with Crippen LogP contribution in [0.2, 0.25) is 0 Å². The van der Waals surface area contributed by atoms with Crippen molar-refractivity contribution in [2.75, 3.05) is 36.8 Å². The van der Waals surface area contributed by atoms with Crippen LogP contribution in [0.3, 0.4) is 0 Å². The van der Waals surface area contributed by atoms with E-state index in [0.717, 1.165) is 31.7 Å². The fourth-order valence-corrected chi connectivity index (χ4v) is 2.28. The van der Waals surface area contributed by atoms with E-state index >= 15 is 0 Å². The Morgan fingerprint density at radius 1 is 1.10 bits per heavy atom. The molecule has 3 rings (SSSR count). The molecule has 4 N–H and O–H groups in total. The van der Waals surface area contributed by atoms with Gasteiger partial charge in [-0.15, -0.1) is 0 Å². The second-order valence-corrected chi connectivity index (χ2v) is 4.71. The van der Waals surface area contributed by atoms with Crippen LogP contribution in [0.5, 0.6) is 5.88 Å². The first-order valence-corrected chi connectivity index (χ1v) is 6.63. The molecule has 0 atom stereocenters. The lowest BCUT2D eigenvalue weighted by Gasteiger charge is -2.29. The van der Waals surface area contributed by atoms with Crippen molar-refractivity contribution in [2.45, 2.75) is 0 Å². The van der Waals surface area contributed by atoms with Gasteiger partial charge in [-0.2, -0.15) is 4.98 Å². The van der Waals surface area contributed by atoms with Crippen LogP contribution in [-0.4, -0.2) is 41.3 Å². The van der Waals surface area contributed by atoms with Crippen molar-refractivity contribution in [1.29, 1.82) is 0 Å². The summed E-state index contributed by atoms with van der Waals surface area (Å²) in [5.74, 6) is 0.941. The van der Waals surface area contributed by atoms with Gasteiger partial charge in [-0.25, -0.2) is 4.98 Å². The average Bonchev–Trinajstić information content (AvgIpc) is 2.51. The fourth-order valence-electron chi connectivity index (χ4n) is 2.28. The maximum Gasteiger partial charge on any atom is 0.240 e. The molecule has 1 saturated heterocycles. The highest BCUT2D eigenvalue weighted by atomic mass is 16.3. The van der Waals surface area contributed by atoms with E-state index in [2.05, 4.69) is 20.2 Å². The van der Waals surface area contributed by atoms with Crippen LogP contribution in [-0.2, 0) is 0 Å². The third-order valence-corrected chi connectivity index (χ3v) is 3.35. The zero-order valence-electron chi connectivity index (χ0n) is 11.1. The molecule has 1 aliphatic rings. The van der Waals surface area contributed by atoms with Crippen LogP contribution in [0, 0.1) is 0 Å². The topological polar surface area (TPSA) is 87.3 Å². The number of rotatable bonds is 2. The molecule has 2 heterocycles. The lowest BCUT2D eigenvalue weighted by molar-refractivity contribution is 0.455. The third-order valence-electron chi connectivity index (χ3n) is 3.35. The van der Waals surface area contributed by atoms with Crippen LogP contribution in [0.15, 0.2) is 30.3 Å². The quantitative estimate of drug-likeness (QED) is 0.750. The molecule has 1 aromatic carbocycles. The van der Waals surface area contributed by atoms with Gasteiger partial charge in [0.15, 0.2) is 11.6 Å². The molecular weight excluding hydrogens is 254 g/mol. The Labute approximate surface area is 117 Å². The van der Waals surface area contributed by atoms with Gasteiger partial charge in [0, 0.05) is 31.7 Å². The van der Waals surface area contributed by atoms with Crippen molar-refractivity contribution in [3.05, 3.63) is 30.3 Å². The number of benzene rings is 1. The number of nitrogens with two attached hydrogens (primary N) is 1. The Bertz CT molecular complexity index is 596. The molecule has 20 heavy (non-hydrogen) atoms. The van der Waals surface area contributed by atoms with Crippen molar-refractivity contribution >= 4 is 11.5 Å². The van der Waals surface area contributed by atoms with Gasteiger partial charge in [-0.05, 0) is 0 Å². The molecule has 0 radical (unpaired) electrons. The summed E-state index contributed by atoms with van der Waals surface area (Å²) in [6.07, 6.45) is 0. The largest absolute Gasteiger partial charge is 0.492 e. The first-order valence-electron chi connectivity index (χ1n) is 6.63. The Morgan fingerprint density at radius 2 is 1.80 bits per heavy atom. The standard InChI is InChI=1S/C14H17N5O/c15-11-13(19-8-6-16-7-9-19)17-12(18-14(11)20)10-4-2-1-3-5-10/h1-5,16H,6-9,15H2,(H,17,18,20). The molecule has 0 amide bonds. The molecule has 6 heteroatoms. The van der Waals surface area contributed by atoms with E-state index in [1.165, 1.54) is 0 Å². The molecule has 2 aromatic rings. The Hall–Kier alpha value is -2.34. The van der Waals surface area contributed by atoms with E-state index in [1.54, 1.807) is 0 Å². The van der Waals surface area contributed by atoms with Gasteiger partial charge in [0.1, 0.15) is 5.69 Å². The molecule has 1 fully saturated rings. The predicted molar refractivity (Wildman–Crippen MR) is 78.6 cm³/mol. The van der Waals surface area contributed by atoms with E-state index in [1.807, 2.05) is 30.3 Å². The minimum atomic E-state index is -0.160. The van der Waals surface area contributed by atoms with Crippen LogP contribution in [0.25, 0.3) is 11.4 Å². The normalized spacial score (nSPS) is 15.3. The van der Waals surface area contributed by atoms with Crippen molar-refractivity contribution in [3.63, 3.8) is 0 Å². The third kappa shape index (κ3) is 2.37. The second-order valence-electron chi connectivity index (χ2n) is 4.71. The molecule has 1 aromatic heterocycles. The van der Waals surface area contributed by atoms with Gasteiger partial charge in [0.25, 0.3) is 0 Å². The van der Waals surface area contributed by atoms with Crippen LogP contribution >= 0.6 is 0 Å². The highest BCUT2D eigenvalue weighted by Crippen LogP contribution is 2.31. The molecular formula is C14H17N5O. The van der Waals surface area contributed by atoms with Crippen molar-refractivity contribution in [3.8, 4) is 17.3 Å². The van der Waals surface area contributed by atoms with Crippen LogP contribution in [0.1, 0.15) is 0 Å². The molecule has 6 nitrogen and oxygen atoms in total. The van der Waals surface area contributed by atoms with Crippen LogP contribution in [0.4, 0.5) is 11.5 Å². The second kappa shape index (κ2) is 5.34. The zero-order valence-corrected chi connectivity index (χ0v) is 11.1. The number of hydrogen-bond acceptors (Lipinski definition) is 6. The summed E-state index contributed by atoms with van der Waals surface area (Å²) in [5.41, 5.74) is 7.03. The minimum absolute atomic E-state index is 0.160. The summed E-state index contributed by atoms with van der Waals surface area (Å²) in [7, 11) is 0. The number of aromatic hydroxyl groups is 1. The summed E-state index contributed by atoms with van der Waals surface area (Å²) in [5, 5.41) is 13.2. The number of hydrogen-bond donors (Lipinski definition) is 3.